The highest BCUT2D eigenvalue weighted by atomic mass is 79.9. The van der Waals surface area contributed by atoms with Crippen LogP contribution in [0.4, 0.5) is 0 Å². The molecule has 0 spiro atoms. The van der Waals surface area contributed by atoms with Gasteiger partial charge in [0.1, 0.15) is 0 Å². The highest BCUT2D eigenvalue weighted by molar-refractivity contribution is 9.10. The van der Waals surface area contributed by atoms with Gasteiger partial charge in [0.25, 0.3) is 0 Å². The van der Waals surface area contributed by atoms with Gasteiger partial charge >= 0.3 is 0 Å². The van der Waals surface area contributed by atoms with Gasteiger partial charge in [-0.15, -0.1) is 0 Å². The van der Waals surface area contributed by atoms with E-state index in [4.69, 9.17) is 4.74 Å². The summed E-state index contributed by atoms with van der Waals surface area (Å²) in [7, 11) is 0. The summed E-state index contributed by atoms with van der Waals surface area (Å²) in [4.78, 5) is 11.5. The molecule has 1 rings (SSSR count). The Morgan fingerprint density at radius 2 is 2.06 bits per heavy atom. The fourth-order valence-electron chi connectivity index (χ4n) is 1.58. The van der Waals surface area contributed by atoms with Crippen molar-refractivity contribution in [3.63, 3.8) is 0 Å². The van der Waals surface area contributed by atoms with Crippen LogP contribution in [0.2, 0.25) is 0 Å². The number of ether oxygens (including phenoxy) is 1. The molecule has 0 aromatic rings. The van der Waals surface area contributed by atoms with Crippen LogP contribution in [-0.2, 0) is 9.53 Å². The molecular formula is C11H20BrNO3. The van der Waals surface area contributed by atoms with Crippen LogP contribution in [0.25, 0.3) is 0 Å². The van der Waals surface area contributed by atoms with Crippen LogP contribution < -0.4 is 5.32 Å². The zero-order valence-corrected chi connectivity index (χ0v) is 11.4. The molecule has 1 heterocycles. The molecule has 1 amide bonds. The molecule has 5 heteroatoms. The second kappa shape index (κ2) is 5.98. The molecular weight excluding hydrogens is 274 g/mol. The molecule has 0 saturated carbocycles. The van der Waals surface area contributed by atoms with Crippen molar-refractivity contribution in [2.24, 2.45) is 5.92 Å². The zero-order chi connectivity index (χ0) is 12.2. The van der Waals surface area contributed by atoms with Gasteiger partial charge in [-0.3, -0.25) is 4.79 Å². The third-order valence-electron chi connectivity index (χ3n) is 2.85. The minimum atomic E-state index is -0.794. The molecule has 1 aliphatic rings. The van der Waals surface area contributed by atoms with Crippen LogP contribution >= 0.6 is 15.9 Å². The Balaban J connectivity index is 2.35. The van der Waals surface area contributed by atoms with Gasteiger partial charge in [0, 0.05) is 32.6 Å². The highest BCUT2D eigenvalue weighted by Crippen LogP contribution is 2.20. The summed E-state index contributed by atoms with van der Waals surface area (Å²) in [5.74, 6) is 0.180. The summed E-state index contributed by atoms with van der Waals surface area (Å²) < 4.78 is 5.18. The van der Waals surface area contributed by atoms with Gasteiger partial charge < -0.3 is 15.2 Å². The maximum absolute atomic E-state index is 11.7. The van der Waals surface area contributed by atoms with Gasteiger partial charge in [0.05, 0.1) is 10.4 Å². The Morgan fingerprint density at radius 3 is 2.56 bits per heavy atom. The molecule has 1 fully saturated rings. The average Bonchev–Trinajstić information content (AvgIpc) is 2.26. The van der Waals surface area contributed by atoms with E-state index in [1.165, 1.54) is 0 Å². The first-order valence-electron chi connectivity index (χ1n) is 5.66. The number of alkyl halides is 1. The predicted octanol–water partition coefficient (Wildman–Crippen LogP) is 1.06. The Morgan fingerprint density at radius 1 is 1.50 bits per heavy atom. The van der Waals surface area contributed by atoms with Crippen LogP contribution in [0, 0.1) is 5.92 Å². The van der Waals surface area contributed by atoms with Gasteiger partial charge in [-0.2, -0.15) is 0 Å². The number of nitrogens with one attached hydrogen (secondary N) is 1. The van der Waals surface area contributed by atoms with Crippen LogP contribution in [0.3, 0.4) is 0 Å². The fourth-order valence-corrected chi connectivity index (χ4v) is 1.74. The van der Waals surface area contributed by atoms with Gasteiger partial charge in [-0.25, -0.2) is 0 Å². The highest BCUT2D eigenvalue weighted by Gasteiger charge is 2.31. The molecule has 2 N–H and O–H groups in total. The minimum absolute atomic E-state index is 0.0603. The number of halogens is 1. The molecule has 0 bridgehead atoms. The normalized spacial score (nSPS) is 21.8. The zero-order valence-electron chi connectivity index (χ0n) is 9.83. The van der Waals surface area contributed by atoms with E-state index in [2.05, 4.69) is 21.2 Å². The topological polar surface area (TPSA) is 58.6 Å². The van der Waals surface area contributed by atoms with Gasteiger partial charge in [0.2, 0.25) is 5.91 Å². The van der Waals surface area contributed by atoms with E-state index in [1.54, 1.807) is 0 Å². The summed E-state index contributed by atoms with van der Waals surface area (Å²) in [5.41, 5.74) is -0.794. The standard InChI is InChI=1S/C11H20BrNO3/c1-8(2)9(12)10(14)13-7-11(15)3-5-16-6-4-11/h8-9,15H,3-7H2,1-2H3,(H,13,14). The Kier molecular flexibility index (Phi) is 5.21. The van der Waals surface area contributed by atoms with Crippen molar-refractivity contribution in [2.75, 3.05) is 19.8 Å². The number of carbonyl (C=O) groups is 1. The van der Waals surface area contributed by atoms with Crippen LogP contribution in [0.15, 0.2) is 0 Å². The maximum Gasteiger partial charge on any atom is 0.234 e. The Bertz CT molecular complexity index is 239. The van der Waals surface area contributed by atoms with Crippen LogP contribution in [-0.4, -0.2) is 41.2 Å². The second-order valence-electron chi connectivity index (χ2n) is 4.70. The molecule has 94 valence electrons. The third kappa shape index (κ3) is 4.03. The van der Waals surface area contributed by atoms with E-state index < -0.39 is 5.60 Å². The van der Waals surface area contributed by atoms with E-state index in [1.807, 2.05) is 13.8 Å². The molecule has 1 saturated heterocycles. The molecule has 0 radical (unpaired) electrons. The summed E-state index contributed by atoms with van der Waals surface area (Å²) in [6.07, 6.45) is 1.17. The van der Waals surface area contributed by atoms with Crippen molar-refractivity contribution >= 4 is 21.8 Å². The lowest BCUT2D eigenvalue weighted by molar-refractivity contribution is -0.123. The summed E-state index contributed by atoms with van der Waals surface area (Å²) in [6.45, 7) is 5.39. The predicted molar refractivity (Wildman–Crippen MR) is 65.6 cm³/mol. The molecule has 1 atom stereocenters. The Hall–Kier alpha value is -0.130. The van der Waals surface area contributed by atoms with E-state index in [9.17, 15) is 9.90 Å². The SMILES string of the molecule is CC(C)C(Br)C(=O)NCC1(O)CCOCC1. The van der Waals surface area contributed by atoms with Gasteiger partial charge in [-0.05, 0) is 5.92 Å². The van der Waals surface area contributed by atoms with E-state index >= 15 is 0 Å². The van der Waals surface area contributed by atoms with Gasteiger partial charge in [0.15, 0.2) is 0 Å². The number of hydrogen-bond donors (Lipinski definition) is 2. The number of carbonyl (C=O) groups excluding carboxylic acids is 1. The lowest BCUT2D eigenvalue weighted by Gasteiger charge is -2.32. The first kappa shape index (κ1) is 13.9. The first-order valence-corrected chi connectivity index (χ1v) is 6.58. The van der Waals surface area contributed by atoms with Crippen molar-refractivity contribution in [3.8, 4) is 0 Å². The quantitative estimate of drug-likeness (QED) is 0.762. The number of rotatable bonds is 4. The van der Waals surface area contributed by atoms with Crippen LogP contribution in [0.1, 0.15) is 26.7 Å². The monoisotopic (exact) mass is 293 g/mol. The molecule has 0 aliphatic carbocycles. The molecule has 0 aromatic carbocycles. The summed E-state index contributed by atoms with van der Waals surface area (Å²) in [6, 6.07) is 0. The van der Waals surface area contributed by atoms with E-state index in [-0.39, 0.29) is 16.7 Å². The van der Waals surface area contributed by atoms with Crippen molar-refractivity contribution < 1.29 is 14.6 Å². The molecule has 1 aliphatic heterocycles. The van der Waals surface area contributed by atoms with Crippen molar-refractivity contribution in [3.05, 3.63) is 0 Å². The van der Waals surface area contributed by atoms with E-state index in [0.717, 1.165) is 0 Å². The van der Waals surface area contributed by atoms with Gasteiger partial charge in [-0.1, -0.05) is 29.8 Å². The summed E-state index contributed by atoms with van der Waals surface area (Å²) >= 11 is 3.33. The molecule has 1 unspecified atom stereocenters. The number of amides is 1. The molecule has 16 heavy (non-hydrogen) atoms. The number of aliphatic hydroxyl groups is 1. The fraction of sp³-hybridized carbons (Fsp3) is 0.909. The van der Waals surface area contributed by atoms with Crippen molar-refractivity contribution in [2.45, 2.75) is 37.1 Å². The number of hydrogen-bond acceptors (Lipinski definition) is 3. The maximum atomic E-state index is 11.7. The largest absolute Gasteiger partial charge is 0.388 e. The summed E-state index contributed by atoms with van der Waals surface area (Å²) in [5, 5.41) is 12.9. The molecule has 0 aromatic heterocycles. The smallest absolute Gasteiger partial charge is 0.234 e. The van der Waals surface area contributed by atoms with Crippen molar-refractivity contribution in [1.29, 1.82) is 0 Å². The lowest BCUT2D eigenvalue weighted by Crippen LogP contribution is -2.48. The lowest BCUT2D eigenvalue weighted by atomic mass is 9.94. The van der Waals surface area contributed by atoms with E-state index in [0.29, 0.717) is 32.6 Å². The second-order valence-corrected chi connectivity index (χ2v) is 5.69. The molecule has 4 nitrogen and oxygen atoms in total. The Labute approximate surface area is 105 Å². The average molecular weight is 294 g/mol. The first-order chi connectivity index (χ1) is 7.44. The minimum Gasteiger partial charge on any atom is -0.388 e. The third-order valence-corrected chi connectivity index (χ3v) is 4.32. The van der Waals surface area contributed by atoms with Crippen molar-refractivity contribution in [1.82, 2.24) is 5.32 Å². The van der Waals surface area contributed by atoms with Crippen LogP contribution in [0.5, 0.6) is 0 Å².